The molecule has 0 bridgehead atoms. The van der Waals surface area contributed by atoms with Gasteiger partial charge in [0, 0.05) is 19.1 Å². The molecule has 0 radical (unpaired) electrons. The molecule has 0 spiro atoms. The molecule has 1 aliphatic rings. The monoisotopic (exact) mass is 330 g/mol. The summed E-state index contributed by atoms with van der Waals surface area (Å²) in [5.74, 6) is 1.54. The van der Waals surface area contributed by atoms with Gasteiger partial charge in [0.2, 0.25) is 10.0 Å². The van der Waals surface area contributed by atoms with Gasteiger partial charge in [0.15, 0.2) is 0 Å². The third kappa shape index (κ3) is 4.10. The number of sulfonamides is 1. The molecule has 7 heteroatoms. The first-order valence-corrected chi connectivity index (χ1v) is 9.22. The minimum atomic E-state index is -3.42. The molecule has 0 aliphatic heterocycles. The van der Waals surface area contributed by atoms with Gasteiger partial charge in [0.05, 0.1) is 12.4 Å². The van der Waals surface area contributed by atoms with E-state index in [1.165, 1.54) is 0 Å². The van der Waals surface area contributed by atoms with E-state index >= 15 is 0 Å². The Morgan fingerprint density at radius 3 is 2.55 bits per heavy atom. The van der Waals surface area contributed by atoms with Crippen LogP contribution in [0, 0.1) is 0 Å². The lowest BCUT2D eigenvalue weighted by Gasteiger charge is -2.25. The van der Waals surface area contributed by atoms with Crippen LogP contribution >= 0.6 is 0 Å². The lowest BCUT2D eigenvalue weighted by molar-refractivity contribution is 0.165. The van der Waals surface area contributed by atoms with Gasteiger partial charge >= 0.3 is 0 Å². The fraction of sp³-hybridized carbons (Fsp3) is 0.733. The summed E-state index contributed by atoms with van der Waals surface area (Å²) in [7, 11) is 1.98. The second-order valence-electron chi connectivity index (χ2n) is 6.16. The largest absolute Gasteiger partial charge is 0.464 e. The van der Waals surface area contributed by atoms with Gasteiger partial charge in [-0.05, 0) is 39.1 Å². The first-order valence-electron chi connectivity index (χ1n) is 7.57. The summed E-state index contributed by atoms with van der Waals surface area (Å²) in [6.45, 7) is 2.23. The van der Waals surface area contributed by atoms with Gasteiger partial charge in [0.25, 0.3) is 0 Å². The van der Waals surface area contributed by atoms with E-state index < -0.39 is 16.1 Å². The van der Waals surface area contributed by atoms with Crippen molar-refractivity contribution in [3.8, 4) is 0 Å². The van der Waals surface area contributed by atoms with Crippen LogP contribution in [0.5, 0.6) is 0 Å². The summed E-state index contributed by atoms with van der Waals surface area (Å²) in [4.78, 5) is 2.00. The molecule has 0 saturated heterocycles. The molecule has 126 valence electrons. The van der Waals surface area contributed by atoms with Crippen molar-refractivity contribution in [2.45, 2.75) is 37.8 Å². The first-order chi connectivity index (χ1) is 10.3. The molecule has 1 aliphatic carbocycles. The summed E-state index contributed by atoms with van der Waals surface area (Å²) >= 11 is 0. The van der Waals surface area contributed by atoms with Crippen LogP contribution in [-0.2, 0) is 21.2 Å². The summed E-state index contributed by atoms with van der Waals surface area (Å²) in [6, 6.07) is 3.19. The highest BCUT2D eigenvalue weighted by molar-refractivity contribution is 7.89. The fourth-order valence-corrected chi connectivity index (χ4v) is 4.55. The highest BCUT2D eigenvalue weighted by Gasteiger charge is 2.48. The first kappa shape index (κ1) is 17.5. The normalized spacial score (nSPS) is 18.6. The molecular weight excluding hydrogens is 304 g/mol. The predicted octanol–water partition coefficient (Wildman–Crippen LogP) is 1.54. The third-order valence-corrected chi connectivity index (χ3v) is 5.83. The van der Waals surface area contributed by atoms with Gasteiger partial charge in [0.1, 0.15) is 17.6 Å². The number of rotatable bonds is 9. The van der Waals surface area contributed by atoms with Crippen LogP contribution in [0.25, 0.3) is 0 Å². The summed E-state index contributed by atoms with van der Waals surface area (Å²) in [6.07, 6.45) is 2.60. The number of methoxy groups -OCH3 is 1. The molecular formula is C15H26N2O4S. The molecule has 0 aromatic carbocycles. The van der Waals surface area contributed by atoms with Crippen molar-refractivity contribution >= 4 is 10.0 Å². The Kier molecular flexibility index (Phi) is 5.32. The van der Waals surface area contributed by atoms with Crippen molar-refractivity contribution in [1.29, 1.82) is 0 Å². The standard InChI is InChI=1S/C15H26N2O4S/c1-5-12-6-7-14(21-12)13(10-20-4)16-22(18,19)11-15(8-9-15)17(2)3/h6-7,13,16H,5,8-11H2,1-4H3. The Labute approximate surface area is 132 Å². The van der Waals surface area contributed by atoms with E-state index in [0.717, 1.165) is 25.0 Å². The third-order valence-electron chi connectivity index (χ3n) is 4.26. The Bertz CT molecular complexity index is 590. The van der Waals surface area contributed by atoms with Crippen molar-refractivity contribution in [1.82, 2.24) is 9.62 Å². The lowest BCUT2D eigenvalue weighted by Crippen LogP contribution is -2.43. The van der Waals surface area contributed by atoms with Crippen LogP contribution < -0.4 is 4.72 Å². The topological polar surface area (TPSA) is 71.8 Å². The molecule has 2 rings (SSSR count). The maximum Gasteiger partial charge on any atom is 0.214 e. The Morgan fingerprint density at radius 2 is 2.09 bits per heavy atom. The number of aryl methyl sites for hydroxylation is 1. The molecule has 1 unspecified atom stereocenters. The molecule has 1 N–H and O–H groups in total. The van der Waals surface area contributed by atoms with Gasteiger partial charge in [-0.25, -0.2) is 13.1 Å². The van der Waals surface area contributed by atoms with Gasteiger partial charge in [-0.3, -0.25) is 0 Å². The smallest absolute Gasteiger partial charge is 0.214 e. The fourth-order valence-electron chi connectivity index (χ4n) is 2.59. The molecule has 1 fully saturated rings. The number of furan rings is 1. The highest BCUT2D eigenvalue weighted by atomic mass is 32.2. The minimum absolute atomic E-state index is 0.106. The molecule has 22 heavy (non-hydrogen) atoms. The Morgan fingerprint density at radius 1 is 1.41 bits per heavy atom. The summed E-state index contributed by atoms with van der Waals surface area (Å²) < 4.78 is 38.5. The van der Waals surface area contributed by atoms with Crippen molar-refractivity contribution in [3.05, 3.63) is 23.7 Å². The molecule has 1 aromatic heterocycles. The van der Waals surface area contributed by atoms with E-state index in [-0.39, 0.29) is 17.9 Å². The van der Waals surface area contributed by atoms with E-state index in [1.54, 1.807) is 7.11 Å². The van der Waals surface area contributed by atoms with Gasteiger partial charge in [-0.1, -0.05) is 6.92 Å². The van der Waals surface area contributed by atoms with Crippen LogP contribution in [0.1, 0.15) is 37.3 Å². The highest BCUT2D eigenvalue weighted by Crippen LogP contribution is 2.41. The lowest BCUT2D eigenvalue weighted by atomic mass is 10.2. The van der Waals surface area contributed by atoms with E-state index in [9.17, 15) is 8.42 Å². The van der Waals surface area contributed by atoms with Crippen molar-refractivity contribution in [3.63, 3.8) is 0 Å². The maximum absolute atomic E-state index is 12.5. The number of nitrogens with zero attached hydrogens (tertiary/aromatic N) is 1. The Hall–Kier alpha value is -0.890. The van der Waals surface area contributed by atoms with Crippen molar-refractivity contribution in [2.24, 2.45) is 0 Å². The van der Waals surface area contributed by atoms with Crippen LogP contribution in [0.2, 0.25) is 0 Å². The molecule has 0 amide bonds. The number of hydrogen-bond acceptors (Lipinski definition) is 5. The zero-order chi connectivity index (χ0) is 16.4. The SMILES string of the molecule is CCc1ccc(C(COC)NS(=O)(=O)CC2(N(C)C)CC2)o1. The van der Waals surface area contributed by atoms with Crippen LogP contribution in [-0.4, -0.2) is 52.4 Å². The average molecular weight is 330 g/mol. The zero-order valence-electron chi connectivity index (χ0n) is 13.8. The number of hydrogen-bond donors (Lipinski definition) is 1. The maximum atomic E-state index is 12.5. The number of ether oxygens (including phenoxy) is 1. The zero-order valence-corrected chi connectivity index (χ0v) is 14.6. The number of nitrogens with one attached hydrogen (secondary N) is 1. The molecule has 1 heterocycles. The molecule has 6 nitrogen and oxygen atoms in total. The second-order valence-corrected chi connectivity index (χ2v) is 7.92. The minimum Gasteiger partial charge on any atom is -0.464 e. The quantitative estimate of drug-likeness (QED) is 0.744. The molecule has 1 aromatic rings. The van der Waals surface area contributed by atoms with Crippen LogP contribution in [0.3, 0.4) is 0 Å². The van der Waals surface area contributed by atoms with E-state index in [1.807, 2.05) is 38.1 Å². The summed E-state index contributed by atoms with van der Waals surface area (Å²) in [5.41, 5.74) is -0.221. The second kappa shape index (κ2) is 6.70. The van der Waals surface area contributed by atoms with E-state index in [0.29, 0.717) is 5.76 Å². The molecule has 1 saturated carbocycles. The predicted molar refractivity (Wildman–Crippen MR) is 85.3 cm³/mol. The van der Waals surface area contributed by atoms with Crippen molar-refractivity contribution < 1.29 is 17.6 Å². The van der Waals surface area contributed by atoms with Gasteiger partial charge < -0.3 is 14.1 Å². The van der Waals surface area contributed by atoms with Gasteiger partial charge in [-0.15, -0.1) is 0 Å². The molecule has 1 atom stereocenters. The van der Waals surface area contributed by atoms with Crippen LogP contribution in [0.4, 0.5) is 0 Å². The van der Waals surface area contributed by atoms with Gasteiger partial charge in [-0.2, -0.15) is 0 Å². The van der Waals surface area contributed by atoms with Crippen LogP contribution in [0.15, 0.2) is 16.5 Å². The summed E-state index contributed by atoms with van der Waals surface area (Å²) in [5, 5.41) is 0. The average Bonchev–Trinajstić information content (AvgIpc) is 3.04. The Balaban J connectivity index is 2.09. The van der Waals surface area contributed by atoms with E-state index in [4.69, 9.17) is 9.15 Å². The van der Waals surface area contributed by atoms with E-state index in [2.05, 4.69) is 4.72 Å². The van der Waals surface area contributed by atoms with Crippen molar-refractivity contribution in [2.75, 3.05) is 33.6 Å².